The third kappa shape index (κ3) is 3.45. The van der Waals surface area contributed by atoms with E-state index in [4.69, 9.17) is 0 Å². The second-order valence-corrected chi connectivity index (χ2v) is 10.2. The quantitative estimate of drug-likeness (QED) is 0.416. The first kappa shape index (κ1) is 20.3. The Kier molecular flexibility index (Phi) is 4.79. The Bertz CT molecular complexity index is 1570. The van der Waals surface area contributed by atoms with Gasteiger partial charge in [0.05, 0.1) is 17.3 Å². The van der Waals surface area contributed by atoms with Gasteiger partial charge in [0, 0.05) is 23.4 Å². The monoisotopic (exact) mass is 469 g/mol. The highest BCUT2D eigenvalue weighted by molar-refractivity contribution is 7.92. The summed E-state index contributed by atoms with van der Waals surface area (Å²) in [4.78, 5) is 12.8. The van der Waals surface area contributed by atoms with Crippen LogP contribution in [0.1, 0.15) is 0 Å². The molecule has 3 heterocycles. The van der Waals surface area contributed by atoms with E-state index in [2.05, 4.69) is 25.1 Å². The minimum absolute atomic E-state index is 0.127. The van der Waals surface area contributed by atoms with E-state index in [9.17, 15) is 17.2 Å². The van der Waals surface area contributed by atoms with Gasteiger partial charge in [-0.3, -0.25) is 5.10 Å². The van der Waals surface area contributed by atoms with Crippen molar-refractivity contribution >= 4 is 32.1 Å². The second-order valence-electron chi connectivity index (χ2n) is 6.95. The van der Waals surface area contributed by atoms with Gasteiger partial charge in [-0.2, -0.15) is 5.10 Å². The van der Waals surface area contributed by atoms with Crippen LogP contribution in [-0.4, -0.2) is 39.8 Å². The van der Waals surface area contributed by atoms with Crippen LogP contribution in [0.2, 0.25) is 0 Å². The van der Waals surface area contributed by atoms with Crippen molar-refractivity contribution in [3.63, 3.8) is 0 Å². The number of aromatic nitrogens is 5. The fourth-order valence-electron chi connectivity index (χ4n) is 3.36. The van der Waals surface area contributed by atoms with Gasteiger partial charge in [-0.15, -0.1) is 11.3 Å². The van der Waals surface area contributed by atoms with E-state index in [0.717, 1.165) is 17.6 Å². The molecule has 32 heavy (non-hydrogen) atoms. The first-order valence-corrected chi connectivity index (χ1v) is 11.9. The number of nitrogens with one attached hydrogen (secondary N) is 1. The largest absolute Gasteiger partial charge is 0.284 e. The van der Waals surface area contributed by atoms with Crippen molar-refractivity contribution in [1.29, 1.82) is 0 Å². The van der Waals surface area contributed by atoms with Crippen LogP contribution in [0, 0.1) is 11.6 Å². The van der Waals surface area contributed by atoms with Crippen molar-refractivity contribution in [3.8, 4) is 33.1 Å². The van der Waals surface area contributed by atoms with Crippen LogP contribution >= 0.6 is 11.3 Å². The van der Waals surface area contributed by atoms with Crippen LogP contribution in [0.4, 0.5) is 8.78 Å². The molecule has 5 rings (SSSR count). The number of halogens is 2. The third-order valence-corrected chi connectivity index (χ3v) is 7.63. The average molecular weight is 469 g/mol. The van der Waals surface area contributed by atoms with E-state index < -0.39 is 21.5 Å². The molecule has 11 heteroatoms. The van der Waals surface area contributed by atoms with Gasteiger partial charge in [0.1, 0.15) is 38.6 Å². The Morgan fingerprint density at radius 3 is 2.50 bits per heavy atom. The van der Waals surface area contributed by atoms with Gasteiger partial charge in [-0.25, -0.2) is 32.2 Å². The molecule has 0 bridgehead atoms. The third-order valence-electron chi connectivity index (χ3n) is 4.84. The van der Waals surface area contributed by atoms with Crippen molar-refractivity contribution in [2.45, 2.75) is 4.21 Å². The van der Waals surface area contributed by atoms with Gasteiger partial charge >= 0.3 is 0 Å². The van der Waals surface area contributed by atoms with E-state index >= 15 is 0 Å². The predicted molar refractivity (Wildman–Crippen MR) is 117 cm³/mol. The molecule has 2 aromatic carbocycles. The smallest absolute Gasteiger partial charge is 0.186 e. The van der Waals surface area contributed by atoms with E-state index in [1.54, 1.807) is 24.4 Å². The van der Waals surface area contributed by atoms with Gasteiger partial charge in [0.25, 0.3) is 0 Å². The van der Waals surface area contributed by atoms with Crippen LogP contribution in [-0.2, 0) is 9.84 Å². The summed E-state index contributed by atoms with van der Waals surface area (Å²) >= 11 is 1.01. The summed E-state index contributed by atoms with van der Waals surface area (Å²) in [5, 5.41) is 7.77. The first-order chi connectivity index (χ1) is 15.3. The Labute approximate surface area is 184 Å². The number of benzene rings is 2. The zero-order valence-electron chi connectivity index (χ0n) is 16.4. The van der Waals surface area contributed by atoms with Gasteiger partial charge < -0.3 is 0 Å². The maximum absolute atomic E-state index is 14.4. The number of hydrogen-bond acceptors (Lipinski definition) is 7. The molecule has 0 aliphatic rings. The summed E-state index contributed by atoms with van der Waals surface area (Å²) < 4.78 is 52.6. The predicted octanol–water partition coefficient (Wildman–Crippen LogP) is 4.49. The SMILES string of the molecule is CS(=O)(=O)c1cnc(-c2ncnc3ccc(-c4c[nH]nc4-c4c(F)cccc4F)cc23)s1. The molecule has 0 saturated heterocycles. The Hall–Kier alpha value is -3.57. The number of thiazole rings is 1. The normalized spacial score (nSPS) is 11.8. The standard InChI is InChI=1S/C21H13F2N5O2S2/c1-32(29,30)17-9-24-21(31-17)20-12-7-11(5-6-16(12)25-10-26-20)13-8-27-28-19(13)18-14(22)3-2-4-15(18)23/h2-10H,1H3,(H,27,28). The molecule has 0 atom stereocenters. The minimum Gasteiger partial charge on any atom is -0.284 e. The summed E-state index contributed by atoms with van der Waals surface area (Å²) in [6.45, 7) is 0. The summed E-state index contributed by atoms with van der Waals surface area (Å²) in [5.41, 5.74) is 2.08. The zero-order chi connectivity index (χ0) is 22.5. The lowest BCUT2D eigenvalue weighted by Crippen LogP contribution is -1.93. The molecule has 0 aliphatic carbocycles. The Balaban J connectivity index is 1.69. The van der Waals surface area contributed by atoms with Crippen LogP contribution in [0.5, 0.6) is 0 Å². The zero-order valence-corrected chi connectivity index (χ0v) is 18.0. The molecule has 3 aromatic heterocycles. The maximum Gasteiger partial charge on any atom is 0.186 e. The molecule has 7 nitrogen and oxygen atoms in total. The van der Waals surface area contributed by atoms with Gasteiger partial charge in [-0.05, 0) is 29.8 Å². The molecule has 0 amide bonds. The number of sulfone groups is 1. The minimum atomic E-state index is -3.40. The van der Waals surface area contributed by atoms with Gasteiger partial charge in [0.15, 0.2) is 9.84 Å². The number of rotatable bonds is 4. The molecule has 160 valence electrons. The molecule has 0 aliphatic heterocycles. The fraction of sp³-hybridized carbons (Fsp3) is 0.0476. The lowest BCUT2D eigenvalue weighted by molar-refractivity contribution is 0.588. The summed E-state index contributed by atoms with van der Waals surface area (Å²) in [7, 11) is -3.40. The summed E-state index contributed by atoms with van der Waals surface area (Å²) in [5.74, 6) is -1.45. The average Bonchev–Trinajstić information content (AvgIpc) is 3.43. The Morgan fingerprint density at radius 2 is 1.78 bits per heavy atom. The highest BCUT2D eigenvalue weighted by Crippen LogP contribution is 2.37. The van der Waals surface area contributed by atoms with Crippen LogP contribution in [0.3, 0.4) is 0 Å². The van der Waals surface area contributed by atoms with Crippen molar-refractivity contribution in [1.82, 2.24) is 25.1 Å². The molecule has 0 unspecified atom stereocenters. The van der Waals surface area contributed by atoms with Crippen LogP contribution in [0.25, 0.3) is 44.0 Å². The topological polar surface area (TPSA) is 101 Å². The summed E-state index contributed by atoms with van der Waals surface area (Å²) in [6.07, 6.45) is 5.33. The fourth-order valence-corrected chi connectivity index (χ4v) is 5.11. The van der Waals surface area contributed by atoms with Gasteiger partial charge in [0.2, 0.25) is 0 Å². The number of hydrogen-bond donors (Lipinski definition) is 1. The van der Waals surface area contributed by atoms with Crippen molar-refractivity contribution in [2.75, 3.05) is 6.26 Å². The molecular formula is C21H13F2N5O2S2. The molecule has 0 radical (unpaired) electrons. The number of aromatic amines is 1. The molecule has 0 fully saturated rings. The highest BCUT2D eigenvalue weighted by atomic mass is 32.2. The highest BCUT2D eigenvalue weighted by Gasteiger charge is 2.20. The van der Waals surface area contributed by atoms with Crippen molar-refractivity contribution in [2.24, 2.45) is 0 Å². The van der Waals surface area contributed by atoms with E-state index in [1.807, 2.05) is 0 Å². The number of fused-ring (bicyclic) bond motifs is 1. The van der Waals surface area contributed by atoms with E-state index in [-0.39, 0.29) is 15.5 Å². The molecule has 0 saturated carbocycles. The maximum atomic E-state index is 14.4. The molecule has 0 spiro atoms. The second kappa shape index (κ2) is 7.53. The molecule has 5 aromatic rings. The Morgan fingerprint density at radius 1 is 1.00 bits per heavy atom. The van der Waals surface area contributed by atoms with E-state index in [0.29, 0.717) is 32.7 Å². The van der Waals surface area contributed by atoms with Crippen molar-refractivity contribution < 1.29 is 17.2 Å². The van der Waals surface area contributed by atoms with Gasteiger partial charge in [-0.1, -0.05) is 12.1 Å². The van der Waals surface area contributed by atoms with Crippen molar-refractivity contribution in [3.05, 3.63) is 66.8 Å². The van der Waals surface area contributed by atoms with Crippen LogP contribution < -0.4 is 0 Å². The van der Waals surface area contributed by atoms with Crippen LogP contribution in [0.15, 0.2) is 59.3 Å². The lowest BCUT2D eigenvalue weighted by Gasteiger charge is -2.08. The number of H-pyrrole nitrogens is 1. The first-order valence-electron chi connectivity index (χ1n) is 9.22. The summed E-state index contributed by atoms with van der Waals surface area (Å²) in [6, 6.07) is 8.90. The molecule has 1 N–H and O–H groups in total. The number of nitrogens with zero attached hydrogens (tertiary/aromatic N) is 4. The molecular weight excluding hydrogens is 456 g/mol. The van der Waals surface area contributed by atoms with E-state index in [1.165, 1.54) is 30.7 Å². The lowest BCUT2D eigenvalue weighted by atomic mass is 9.99.